The zero-order valence-corrected chi connectivity index (χ0v) is 14.8. The van der Waals surface area contributed by atoms with Gasteiger partial charge in [-0.3, -0.25) is 4.79 Å². The van der Waals surface area contributed by atoms with E-state index in [1.807, 2.05) is 7.05 Å². The zero-order chi connectivity index (χ0) is 19.3. The number of halogens is 2. The van der Waals surface area contributed by atoms with Gasteiger partial charge in [0.2, 0.25) is 5.91 Å². The molecule has 8 heteroatoms. The van der Waals surface area contributed by atoms with E-state index in [9.17, 15) is 18.7 Å². The number of hydrazone groups is 1. The molecule has 1 fully saturated rings. The molecule has 1 aromatic carbocycles. The van der Waals surface area contributed by atoms with E-state index in [-0.39, 0.29) is 17.4 Å². The van der Waals surface area contributed by atoms with Crippen molar-refractivity contribution < 1.29 is 23.5 Å². The molecule has 2 atom stereocenters. The monoisotopic (exact) mass is 367 g/mol. The van der Waals surface area contributed by atoms with Crippen LogP contribution >= 0.6 is 0 Å². The normalized spacial score (nSPS) is 23.5. The van der Waals surface area contributed by atoms with Crippen LogP contribution in [0.25, 0.3) is 0 Å². The summed E-state index contributed by atoms with van der Waals surface area (Å²) in [5.74, 6) is -1.88. The first-order valence-corrected chi connectivity index (χ1v) is 8.47. The lowest BCUT2D eigenvalue weighted by Gasteiger charge is -2.32. The van der Waals surface area contributed by atoms with Crippen molar-refractivity contribution in [3.63, 3.8) is 0 Å². The van der Waals surface area contributed by atoms with E-state index in [0.29, 0.717) is 12.8 Å². The topological polar surface area (TPSA) is 73.2 Å². The fourth-order valence-electron chi connectivity index (χ4n) is 3.16. The fourth-order valence-corrected chi connectivity index (χ4v) is 3.16. The molecule has 0 saturated carbocycles. The third-order valence-electron chi connectivity index (χ3n) is 4.45. The van der Waals surface area contributed by atoms with E-state index < -0.39 is 23.8 Å². The van der Waals surface area contributed by atoms with Crippen molar-refractivity contribution in [2.75, 3.05) is 20.1 Å². The molecule has 0 aromatic heterocycles. The molecule has 0 spiro atoms. The quantitative estimate of drug-likeness (QED) is 0.808. The van der Waals surface area contributed by atoms with Crippen LogP contribution in [0.3, 0.4) is 0 Å². The molecule has 1 saturated heterocycles. The van der Waals surface area contributed by atoms with Gasteiger partial charge in [-0.2, -0.15) is 5.10 Å². The molecule has 2 aliphatic heterocycles. The molecular weight excluding hydrogens is 344 g/mol. The summed E-state index contributed by atoms with van der Waals surface area (Å²) in [5.41, 5.74) is 0.203. The summed E-state index contributed by atoms with van der Waals surface area (Å²) in [4.78, 5) is 23.7. The molecule has 142 valence electrons. The summed E-state index contributed by atoms with van der Waals surface area (Å²) in [6.45, 7) is 3.07. The number of hydrogen-bond donors (Lipinski definition) is 1. The predicted octanol–water partition coefficient (Wildman–Crippen LogP) is 1.74. The van der Waals surface area contributed by atoms with Gasteiger partial charge in [-0.1, -0.05) is 0 Å². The van der Waals surface area contributed by atoms with Gasteiger partial charge in [-0.25, -0.2) is 13.8 Å². The number of piperidine rings is 1. The number of nitrogens with zero attached hydrogens (tertiary/aromatic N) is 3. The van der Waals surface area contributed by atoms with Crippen LogP contribution in [-0.2, 0) is 9.59 Å². The van der Waals surface area contributed by atoms with E-state index >= 15 is 0 Å². The van der Waals surface area contributed by atoms with Crippen LogP contribution in [-0.4, -0.2) is 59.7 Å². The fraction of sp³-hybridized carbons (Fsp3) is 0.500. The van der Waals surface area contributed by atoms with Gasteiger partial charge in [0.15, 0.2) is 0 Å². The lowest BCUT2D eigenvalue weighted by atomic mass is 9.94. The minimum atomic E-state index is -1.08. The summed E-state index contributed by atoms with van der Waals surface area (Å²) >= 11 is 0. The molecule has 1 aromatic rings. The highest BCUT2D eigenvalue weighted by Crippen LogP contribution is 2.32. The van der Waals surface area contributed by atoms with Crippen molar-refractivity contribution >= 4 is 18.4 Å². The molecule has 0 aliphatic carbocycles. The van der Waals surface area contributed by atoms with Crippen molar-refractivity contribution in [3.05, 3.63) is 35.4 Å². The van der Waals surface area contributed by atoms with Gasteiger partial charge < -0.3 is 14.8 Å². The first-order valence-electron chi connectivity index (χ1n) is 8.47. The standard InChI is InChI=1S/C16H19F2N3O2.C2H4O/c1-20-4-2-10(3-5-20)16(23)21-15(14(22)9-19-21)11-6-12(17)8-13(18)7-11;1-2-3/h6-10,14-15,22H,2-5H2,1H3;2H,1H3/t14?,15-;/m0./s1. The number of aldehydes is 1. The van der Waals surface area contributed by atoms with Crippen LogP contribution in [0, 0.1) is 17.6 Å². The Morgan fingerprint density at radius 2 is 1.77 bits per heavy atom. The number of likely N-dealkylation sites (tertiary alicyclic amines) is 1. The maximum absolute atomic E-state index is 13.5. The number of aliphatic hydroxyl groups is 1. The Morgan fingerprint density at radius 1 is 1.23 bits per heavy atom. The third-order valence-corrected chi connectivity index (χ3v) is 4.45. The number of benzene rings is 1. The summed E-state index contributed by atoms with van der Waals surface area (Å²) < 4.78 is 26.9. The second kappa shape index (κ2) is 8.95. The van der Waals surface area contributed by atoms with Gasteiger partial charge in [-0.15, -0.1) is 0 Å². The lowest BCUT2D eigenvalue weighted by molar-refractivity contribution is -0.140. The van der Waals surface area contributed by atoms with Gasteiger partial charge in [0, 0.05) is 12.0 Å². The second-order valence-corrected chi connectivity index (χ2v) is 6.40. The van der Waals surface area contributed by atoms with Gasteiger partial charge in [0.25, 0.3) is 0 Å². The smallest absolute Gasteiger partial charge is 0.246 e. The van der Waals surface area contributed by atoms with Crippen molar-refractivity contribution in [2.24, 2.45) is 11.0 Å². The maximum Gasteiger partial charge on any atom is 0.246 e. The molecule has 0 radical (unpaired) electrons. The maximum atomic E-state index is 13.5. The molecular formula is C18H23F2N3O3. The van der Waals surface area contributed by atoms with E-state index in [1.54, 1.807) is 0 Å². The van der Waals surface area contributed by atoms with E-state index in [0.717, 1.165) is 37.6 Å². The Balaban J connectivity index is 0.000000758. The van der Waals surface area contributed by atoms with Crippen LogP contribution in [0.15, 0.2) is 23.3 Å². The van der Waals surface area contributed by atoms with Gasteiger partial charge in [-0.05, 0) is 57.6 Å². The number of carbonyl (C=O) groups excluding carboxylic acids is 2. The van der Waals surface area contributed by atoms with Crippen molar-refractivity contribution in [3.8, 4) is 0 Å². The average Bonchev–Trinajstić information content (AvgIpc) is 2.96. The summed E-state index contributed by atoms with van der Waals surface area (Å²) in [7, 11) is 2.00. The number of carbonyl (C=O) groups is 2. The Labute approximate surface area is 151 Å². The number of aliphatic hydroxyl groups excluding tert-OH is 1. The minimum Gasteiger partial charge on any atom is -0.385 e. The van der Waals surface area contributed by atoms with Crippen LogP contribution in [0.1, 0.15) is 31.4 Å². The van der Waals surface area contributed by atoms with Crippen LogP contribution < -0.4 is 0 Å². The molecule has 1 unspecified atom stereocenters. The van der Waals surface area contributed by atoms with E-state index in [4.69, 9.17) is 4.79 Å². The Morgan fingerprint density at radius 3 is 2.31 bits per heavy atom. The van der Waals surface area contributed by atoms with Crippen molar-refractivity contribution in [1.82, 2.24) is 9.91 Å². The van der Waals surface area contributed by atoms with Crippen LogP contribution in [0.4, 0.5) is 8.78 Å². The molecule has 6 nitrogen and oxygen atoms in total. The zero-order valence-electron chi connectivity index (χ0n) is 14.8. The first kappa shape index (κ1) is 20.1. The molecule has 2 aliphatic rings. The highest BCUT2D eigenvalue weighted by Gasteiger charge is 2.39. The Hall–Kier alpha value is -2.19. The minimum absolute atomic E-state index is 0.186. The number of amides is 1. The average molecular weight is 367 g/mol. The highest BCUT2D eigenvalue weighted by atomic mass is 19.1. The molecule has 1 N–H and O–H groups in total. The Bertz CT molecular complexity index is 655. The van der Waals surface area contributed by atoms with E-state index in [2.05, 4.69) is 10.0 Å². The van der Waals surface area contributed by atoms with Gasteiger partial charge in [0.1, 0.15) is 30.1 Å². The summed E-state index contributed by atoms with van der Waals surface area (Å²) in [6.07, 6.45) is 2.33. The van der Waals surface area contributed by atoms with Gasteiger partial charge >= 0.3 is 0 Å². The third kappa shape index (κ3) is 4.70. The van der Waals surface area contributed by atoms with E-state index in [1.165, 1.54) is 18.1 Å². The lowest BCUT2D eigenvalue weighted by Crippen LogP contribution is -2.41. The van der Waals surface area contributed by atoms with Crippen LogP contribution in [0.2, 0.25) is 0 Å². The molecule has 0 bridgehead atoms. The summed E-state index contributed by atoms with van der Waals surface area (Å²) in [6, 6.07) is 2.13. The number of hydrogen-bond acceptors (Lipinski definition) is 5. The molecule has 26 heavy (non-hydrogen) atoms. The first-order chi connectivity index (χ1) is 12.4. The summed E-state index contributed by atoms with van der Waals surface area (Å²) in [5, 5.41) is 15.2. The van der Waals surface area contributed by atoms with Gasteiger partial charge in [0.05, 0.1) is 6.21 Å². The van der Waals surface area contributed by atoms with Crippen molar-refractivity contribution in [1.29, 1.82) is 0 Å². The molecule has 1 amide bonds. The second-order valence-electron chi connectivity index (χ2n) is 6.40. The largest absolute Gasteiger partial charge is 0.385 e. The Kier molecular flexibility index (Phi) is 6.93. The number of rotatable bonds is 2. The van der Waals surface area contributed by atoms with Crippen molar-refractivity contribution in [2.45, 2.75) is 31.9 Å². The highest BCUT2D eigenvalue weighted by molar-refractivity contribution is 5.83. The SMILES string of the molecule is CC=O.CN1CCC(C(=O)N2N=CC(O)[C@@H]2c2cc(F)cc(F)c2)CC1. The molecule has 2 heterocycles. The molecule has 3 rings (SSSR count). The van der Waals surface area contributed by atoms with Crippen LogP contribution in [0.5, 0.6) is 0 Å². The predicted molar refractivity (Wildman–Crippen MR) is 92.4 cm³/mol.